The van der Waals surface area contributed by atoms with Crippen LogP contribution in [0.15, 0.2) is 42.5 Å². The lowest BCUT2D eigenvalue weighted by Gasteiger charge is -2.21. The van der Waals surface area contributed by atoms with E-state index >= 15 is 0 Å². The molecule has 2 aromatic rings. The molecule has 0 aromatic heterocycles. The zero-order valence-electron chi connectivity index (χ0n) is 11.5. The van der Waals surface area contributed by atoms with E-state index in [1.165, 1.54) is 12.1 Å². The molecule has 3 nitrogen and oxygen atoms in total. The number of nitrogens with one attached hydrogen (secondary N) is 1. The van der Waals surface area contributed by atoms with Gasteiger partial charge in [0, 0.05) is 22.7 Å². The van der Waals surface area contributed by atoms with Gasteiger partial charge in [-0.2, -0.15) is 0 Å². The van der Waals surface area contributed by atoms with Crippen LogP contribution in [0.4, 0.5) is 0 Å². The highest BCUT2D eigenvalue weighted by Crippen LogP contribution is 2.29. The molecule has 0 radical (unpaired) electrons. The molecule has 2 rings (SSSR count). The molecule has 0 aliphatic heterocycles. The van der Waals surface area contributed by atoms with Gasteiger partial charge in [-0.1, -0.05) is 23.7 Å². The van der Waals surface area contributed by atoms with E-state index in [0.29, 0.717) is 10.6 Å². The average Bonchev–Trinajstić information content (AvgIpc) is 2.42. The molecule has 0 aliphatic carbocycles. The van der Waals surface area contributed by atoms with Crippen molar-refractivity contribution in [2.24, 2.45) is 0 Å². The highest BCUT2D eigenvalue weighted by molar-refractivity contribution is 6.30. The molecular formula is C16H18ClNO2. The second-order valence-electron chi connectivity index (χ2n) is 4.90. The van der Waals surface area contributed by atoms with Crippen LogP contribution in [0, 0.1) is 0 Å². The van der Waals surface area contributed by atoms with Crippen molar-refractivity contribution >= 4 is 11.6 Å². The molecule has 0 aliphatic rings. The highest BCUT2D eigenvalue weighted by Gasteiger charge is 2.14. The molecule has 20 heavy (non-hydrogen) atoms. The first-order valence-corrected chi connectivity index (χ1v) is 6.88. The van der Waals surface area contributed by atoms with Crippen LogP contribution in [0.25, 0.3) is 0 Å². The predicted octanol–water partition coefficient (Wildman–Crippen LogP) is 4.16. The van der Waals surface area contributed by atoms with Gasteiger partial charge in [-0.3, -0.25) is 0 Å². The summed E-state index contributed by atoms with van der Waals surface area (Å²) in [5, 5.41) is 23.5. The predicted molar refractivity (Wildman–Crippen MR) is 81.2 cm³/mol. The first-order chi connectivity index (χ1) is 9.47. The van der Waals surface area contributed by atoms with E-state index in [9.17, 15) is 10.2 Å². The van der Waals surface area contributed by atoms with Crippen molar-refractivity contribution in [3.63, 3.8) is 0 Å². The van der Waals surface area contributed by atoms with E-state index in [2.05, 4.69) is 5.32 Å². The first-order valence-electron chi connectivity index (χ1n) is 6.50. The van der Waals surface area contributed by atoms with Gasteiger partial charge in [0.05, 0.1) is 0 Å². The number of aromatic hydroxyl groups is 2. The third-order valence-corrected chi connectivity index (χ3v) is 3.60. The Morgan fingerprint density at radius 2 is 1.60 bits per heavy atom. The monoisotopic (exact) mass is 291 g/mol. The Hall–Kier alpha value is -1.71. The number of phenols is 2. The minimum Gasteiger partial charge on any atom is -0.508 e. The molecular weight excluding hydrogens is 274 g/mol. The third-order valence-electron chi connectivity index (χ3n) is 3.35. The Bertz CT molecular complexity index is 584. The lowest BCUT2D eigenvalue weighted by Crippen LogP contribution is -2.22. The second-order valence-corrected chi connectivity index (χ2v) is 5.34. The largest absolute Gasteiger partial charge is 0.508 e. The number of halogens is 1. The number of hydrogen-bond donors (Lipinski definition) is 3. The Balaban J connectivity index is 2.12. The lowest BCUT2D eigenvalue weighted by atomic mass is 10.0. The number of rotatable bonds is 4. The van der Waals surface area contributed by atoms with Crippen LogP contribution >= 0.6 is 11.6 Å². The lowest BCUT2D eigenvalue weighted by molar-refractivity contribution is 0.429. The normalized spacial score (nSPS) is 13.9. The van der Waals surface area contributed by atoms with Crippen molar-refractivity contribution in [2.45, 2.75) is 25.9 Å². The first kappa shape index (κ1) is 14.7. The van der Waals surface area contributed by atoms with Gasteiger partial charge < -0.3 is 15.5 Å². The molecule has 2 unspecified atom stereocenters. The molecule has 0 saturated heterocycles. The summed E-state index contributed by atoms with van der Waals surface area (Å²) >= 11 is 5.87. The maximum atomic E-state index is 9.86. The van der Waals surface area contributed by atoms with Crippen LogP contribution in [0.3, 0.4) is 0 Å². The smallest absolute Gasteiger partial charge is 0.120 e. The van der Waals surface area contributed by atoms with Crippen LogP contribution in [-0.4, -0.2) is 10.2 Å². The quantitative estimate of drug-likeness (QED) is 0.741. The maximum Gasteiger partial charge on any atom is 0.120 e. The van der Waals surface area contributed by atoms with Gasteiger partial charge in [-0.15, -0.1) is 0 Å². The highest BCUT2D eigenvalue weighted by atomic mass is 35.5. The minimum absolute atomic E-state index is 0.0900. The van der Waals surface area contributed by atoms with Gasteiger partial charge in [-0.05, 0) is 49.7 Å². The molecule has 2 atom stereocenters. The van der Waals surface area contributed by atoms with E-state index in [4.69, 9.17) is 11.6 Å². The number of hydrogen-bond acceptors (Lipinski definition) is 3. The Labute approximate surface area is 123 Å². The van der Waals surface area contributed by atoms with Crippen LogP contribution in [-0.2, 0) is 0 Å². The zero-order chi connectivity index (χ0) is 14.7. The standard InChI is InChI=1S/C16H18ClNO2/c1-10(12-3-5-13(17)6-4-12)18-11(2)15-9-14(19)7-8-16(15)20/h3-11,18-20H,1-2H3. The molecule has 3 N–H and O–H groups in total. The Kier molecular flexibility index (Phi) is 4.53. The molecule has 0 bridgehead atoms. The molecule has 0 heterocycles. The SMILES string of the molecule is CC(NC(C)c1cc(O)ccc1O)c1ccc(Cl)cc1. The van der Waals surface area contributed by atoms with Crippen LogP contribution in [0.5, 0.6) is 11.5 Å². The van der Waals surface area contributed by atoms with Crippen molar-refractivity contribution in [1.82, 2.24) is 5.32 Å². The molecule has 2 aromatic carbocycles. The van der Waals surface area contributed by atoms with Crippen molar-refractivity contribution in [3.8, 4) is 11.5 Å². The van der Waals surface area contributed by atoms with Crippen molar-refractivity contribution in [1.29, 1.82) is 0 Å². The van der Waals surface area contributed by atoms with E-state index in [1.54, 1.807) is 6.07 Å². The molecule has 0 fully saturated rings. The number of benzene rings is 2. The Morgan fingerprint density at radius 3 is 2.25 bits per heavy atom. The molecule has 106 valence electrons. The summed E-state index contributed by atoms with van der Waals surface area (Å²) in [6.45, 7) is 3.99. The fraction of sp³-hybridized carbons (Fsp3) is 0.250. The molecule has 0 saturated carbocycles. The van der Waals surface area contributed by atoms with E-state index in [1.807, 2.05) is 38.1 Å². The van der Waals surface area contributed by atoms with Crippen molar-refractivity contribution in [3.05, 3.63) is 58.6 Å². The third kappa shape index (κ3) is 3.44. The van der Waals surface area contributed by atoms with Gasteiger partial charge in [0.1, 0.15) is 11.5 Å². The fourth-order valence-corrected chi connectivity index (χ4v) is 2.33. The van der Waals surface area contributed by atoms with E-state index in [-0.39, 0.29) is 23.6 Å². The van der Waals surface area contributed by atoms with Gasteiger partial charge in [0.25, 0.3) is 0 Å². The van der Waals surface area contributed by atoms with Gasteiger partial charge >= 0.3 is 0 Å². The van der Waals surface area contributed by atoms with Crippen molar-refractivity contribution < 1.29 is 10.2 Å². The van der Waals surface area contributed by atoms with E-state index in [0.717, 1.165) is 5.56 Å². The summed E-state index contributed by atoms with van der Waals surface area (Å²) in [4.78, 5) is 0. The average molecular weight is 292 g/mol. The fourth-order valence-electron chi connectivity index (χ4n) is 2.20. The Morgan fingerprint density at radius 1 is 0.950 bits per heavy atom. The summed E-state index contributed by atoms with van der Waals surface area (Å²) in [6, 6.07) is 12.2. The van der Waals surface area contributed by atoms with E-state index < -0.39 is 0 Å². The summed E-state index contributed by atoms with van der Waals surface area (Å²) in [7, 11) is 0. The summed E-state index contributed by atoms with van der Waals surface area (Å²) in [5.41, 5.74) is 1.78. The minimum atomic E-state index is -0.0900. The van der Waals surface area contributed by atoms with Crippen LogP contribution in [0.2, 0.25) is 5.02 Å². The number of phenolic OH excluding ortho intramolecular Hbond substituents is 2. The molecule has 0 amide bonds. The summed E-state index contributed by atoms with van der Waals surface area (Å²) in [6.07, 6.45) is 0. The summed E-state index contributed by atoms with van der Waals surface area (Å²) in [5.74, 6) is 0.316. The van der Waals surface area contributed by atoms with Gasteiger partial charge in [0.2, 0.25) is 0 Å². The van der Waals surface area contributed by atoms with Crippen LogP contribution < -0.4 is 5.32 Å². The molecule has 4 heteroatoms. The van der Waals surface area contributed by atoms with Gasteiger partial charge in [0.15, 0.2) is 0 Å². The van der Waals surface area contributed by atoms with Crippen LogP contribution in [0.1, 0.15) is 37.1 Å². The van der Waals surface area contributed by atoms with Gasteiger partial charge in [-0.25, -0.2) is 0 Å². The zero-order valence-corrected chi connectivity index (χ0v) is 12.2. The maximum absolute atomic E-state index is 9.86. The van der Waals surface area contributed by atoms with Crippen molar-refractivity contribution in [2.75, 3.05) is 0 Å². The molecule has 0 spiro atoms. The second kappa shape index (κ2) is 6.16. The topological polar surface area (TPSA) is 52.5 Å². The summed E-state index contributed by atoms with van der Waals surface area (Å²) < 4.78 is 0.